The lowest BCUT2D eigenvalue weighted by Crippen LogP contribution is -2.39. The Kier molecular flexibility index (Phi) is 5.68. The molecule has 0 bridgehead atoms. The van der Waals surface area contributed by atoms with Gasteiger partial charge in [-0.3, -0.25) is 14.4 Å². The van der Waals surface area contributed by atoms with Crippen LogP contribution in [0.15, 0.2) is 42.5 Å². The van der Waals surface area contributed by atoms with Gasteiger partial charge in [0.15, 0.2) is 0 Å². The largest absolute Gasteiger partial charge is 0.369 e. The fourth-order valence-electron chi connectivity index (χ4n) is 2.96. The summed E-state index contributed by atoms with van der Waals surface area (Å²) in [5, 5.41) is 3.48. The summed E-state index contributed by atoms with van der Waals surface area (Å²) in [5.41, 5.74) is 7.37. The van der Waals surface area contributed by atoms with E-state index in [-0.39, 0.29) is 6.54 Å². The molecule has 8 heteroatoms. The Bertz CT molecular complexity index is 917. The van der Waals surface area contributed by atoms with Crippen molar-refractivity contribution < 1.29 is 14.4 Å². The van der Waals surface area contributed by atoms with Gasteiger partial charge in [-0.05, 0) is 41.8 Å². The van der Waals surface area contributed by atoms with Crippen molar-refractivity contribution >= 4 is 46.6 Å². The Labute approximate surface area is 166 Å². The lowest BCUT2D eigenvalue weighted by molar-refractivity contribution is -0.142. The van der Waals surface area contributed by atoms with Crippen molar-refractivity contribution in [1.82, 2.24) is 4.90 Å². The van der Waals surface area contributed by atoms with Gasteiger partial charge >= 0.3 is 11.8 Å². The number of likely N-dealkylation sites (tertiary alicyclic amines) is 1. The van der Waals surface area contributed by atoms with Crippen molar-refractivity contribution in [2.24, 2.45) is 11.7 Å². The minimum atomic E-state index is -0.758. The number of amides is 3. The monoisotopic (exact) mass is 405 g/mol. The average Bonchev–Trinajstić information content (AvgIpc) is 3.14. The number of carbonyl (C=O) groups is 3. The molecule has 0 aromatic heterocycles. The summed E-state index contributed by atoms with van der Waals surface area (Å²) in [6.45, 7) is 0.508. The van der Waals surface area contributed by atoms with Crippen LogP contribution in [0.1, 0.15) is 6.42 Å². The van der Waals surface area contributed by atoms with Gasteiger partial charge in [-0.1, -0.05) is 41.4 Å². The highest BCUT2D eigenvalue weighted by atomic mass is 35.5. The molecule has 1 unspecified atom stereocenters. The van der Waals surface area contributed by atoms with Crippen LogP contribution in [0.3, 0.4) is 0 Å². The average molecular weight is 406 g/mol. The maximum absolute atomic E-state index is 12.3. The van der Waals surface area contributed by atoms with Gasteiger partial charge in [0.1, 0.15) is 0 Å². The molecule has 0 saturated carbocycles. The second kappa shape index (κ2) is 7.98. The molecule has 1 heterocycles. The molecule has 0 aliphatic carbocycles. The summed E-state index contributed by atoms with van der Waals surface area (Å²) in [7, 11) is 0. The first kappa shape index (κ1) is 19.2. The molecule has 1 saturated heterocycles. The lowest BCUT2D eigenvalue weighted by Gasteiger charge is -2.15. The number of carbonyl (C=O) groups excluding carboxylic acids is 3. The number of hydrogen-bond acceptors (Lipinski definition) is 3. The number of hydrogen-bond donors (Lipinski definition) is 2. The SMILES string of the molecule is NC(=O)C1CCN(C(=O)C(=O)Nc2cccc(-c3ccc(Cl)c(Cl)c3)c2)C1. The van der Waals surface area contributed by atoms with Crippen molar-refractivity contribution in [3.8, 4) is 11.1 Å². The Balaban J connectivity index is 1.70. The van der Waals surface area contributed by atoms with E-state index in [1.54, 1.807) is 30.3 Å². The van der Waals surface area contributed by atoms with E-state index >= 15 is 0 Å². The highest BCUT2D eigenvalue weighted by Crippen LogP contribution is 2.29. The molecule has 6 nitrogen and oxygen atoms in total. The molecule has 2 aromatic carbocycles. The molecule has 3 rings (SSSR count). The molecule has 2 aromatic rings. The zero-order chi connectivity index (χ0) is 19.6. The fourth-order valence-corrected chi connectivity index (χ4v) is 3.26. The van der Waals surface area contributed by atoms with Crippen LogP contribution in [0, 0.1) is 5.92 Å². The molecular weight excluding hydrogens is 389 g/mol. The summed E-state index contributed by atoms with van der Waals surface area (Å²) in [4.78, 5) is 37.1. The van der Waals surface area contributed by atoms with E-state index in [0.717, 1.165) is 11.1 Å². The molecule has 0 radical (unpaired) electrons. The molecule has 27 heavy (non-hydrogen) atoms. The van der Waals surface area contributed by atoms with E-state index in [1.807, 2.05) is 12.1 Å². The first-order chi connectivity index (χ1) is 12.8. The van der Waals surface area contributed by atoms with Crippen LogP contribution in [-0.2, 0) is 14.4 Å². The third kappa shape index (κ3) is 4.40. The maximum atomic E-state index is 12.3. The Morgan fingerprint density at radius 3 is 2.44 bits per heavy atom. The van der Waals surface area contributed by atoms with Crippen LogP contribution < -0.4 is 11.1 Å². The topological polar surface area (TPSA) is 92.5 Å². The van der Waals surface area contributed by atoms with Gasteiger partial charge in [-0.25, -0.2) is 0 Å². The van der Waals surface area contributed by atoms with Crippen molar-refractivity contribution in [3.63, 3.8) is 0 Å². The van der Waals surface area contributed by atoms with Gasteiger partial charge in [0.05, 0.1) is 16.0 Å². The predicted molar refractivity (Wildman–Crippen MR) is 104 cm³/mol. The molecule has 3 N–H and O–H groups in total. The van der Waals surface area contributed by atoms with Gasteiger partial charge in [0, 0.05) is 18.8 Å². The van der Waals surface area contributed by atoms with Gasteiger partial charge in [0.25, 0.3) is 0 Å². The van der Waals surface area contributed by atoms with Gasteiger partial charge in [-0.15, -0.1) is 0 Å². The van der Waals surface area contributed by atoms with Crippen LogP contribution in [0.2, 0.25) is 10.0 Å². The third-order valence-corrected chi connectivity index (χ3v) is 5.18. The molecule has 1 atom stereocenters. The minimum Gasteiger partial charge on any atom is -0.369 e. The predicted octanol–water partition coefficient (Wildman–Crippen LogP) is 2.93. The van der Waals surface area contributed by atoms with Crippen LogP contribution in [0.25, 0.3) is 11.1 Å². The van der Waals surface area contributed by atoms with Gasteiger partial charge < -0.3 is 16.0 Å². The van der Waals surface area contributed by atoms with Crippen LogP contribution in [0.5, 0.6) is 0 Å². The van der Waals surface area contributed by atoms with Crippen molar-refractivity contribution in [2.75, 3.05) is 18.4 Å². The standard InChI is InChI=1S/C19H17Cl2N3O3/c20-15-5-4-12(9-16(15)21)11-2-1-3-14(8-11)23-18(26)19(27)24-7-6-13(10-24)17(22)25/h1-5,8-9,13H,6-7,10H2,(H2,22,25)(H,23,26). The summed E-state index contributed by atoms with van der Waals surface area (Å²) in [5.74, 6) is -2.30. The van der Waals surface area contributed by atoms with E-state index in [1.165, 1.54) is 4.90 Å². The maximum Gasteiger partial charge on any atom is 0.313 e. The summed E-state index contributed by atoms with van der Waals surface area (Å²) in [6, 6.07) is 12.3. The summed E-state index contributed by atoms with van der Waals surface area (Å²) in [6.07, 6.45) is 0.473. The van der Waals surface area contributed by atoms with Gasteiger partial charge in [0.2, 0.25) is 5.91 Å². The smallest absolute Gasteiger partial charge is 0.313 e. The molecule has 3 amide bonds. The molecule has 0 spiro atoms. The minimum absolute atomic E-state index is 0.172. The van der Waals surface area contributed by atoms with Crippen LogP contribution in [-0.4, -0.2) is 35.7 Å². The highest BCUT2D eigenvalue weighted by Gasteiger charge is 2.32. The number of nitrogens with one attached hydrogen (secondary N) is 1. The Morgan fingerprint density at radius 2 is 1.78 bits per heavy atom. The van der Waals surface area contributed by atoms with E-state index in [4.69, 9.17) is 28.9 Å². The zero-order valence-corrected chi connectivity index (χ0v) is 15.8. The molecule has 1 aliphatic rings. The Morgan fingerprint density at radius 1 is 1.04 bits per heavy atom. The molecule has 1 fully saturated rings. The van der Waals surface area contributed by atoms with E-state index in [0.29, 0.717) is 28.7 Å². The number of halogens is 2. The number of primary amides is 1. The fraction of sp³-hybridized carbons (Fsp3) is 0.211. The van der Waals surface area contributed by atoms with Crippen LogP contribution >= 0.6 is 23.2 Å². The first-order valence-electron chi connectivity index (χ1n) is 8.30. The van der Waals surface area contributed by atoms with E-state index in [2.05, 4.69) is 5.32 Å². The number of rotatable bonds is 3. The number of benzene rings is 2. The van der Waals surface area contributed by atoms with Crippen molar-refractivity contribution in [1.29, 1.82) is 0 Å². The molecular formula is C19H17Cl2N3O3. The lowest BCUT2D eigenvalue weighted by atomic mass is 10.1. The first-order valence-corrected chi connectivity index (χ1v) is 9.06. The Hall–Kier alpha value is -2.57. The number of anilines is 1. The normalized spacial score (nSPS) is 16.2. The zero-order valence-electron chi connectivity index (χ0n) is 14.2. The van der Waals surface area contributed by atoms with Crippen molar-refractivity contribution in [2.45, 2.75) is 6.42 Å². The van der Waals surface area contributed by atoms with Gasteiger partial charge in [-0.2, -0.15) is 0 Å². The summed E-state index contributed by atoms with van der Waals surface area (Å²) < 4.78 is 0. The second-order valence-corrected chi connectivity index (χ2v) is 7.12. The molecule has 1 aliphatic heterocycles. The number of nitrogens with two attached hydrogens (primary N) is 1. The third-order valence-electron chi connectivity index (χ3n) is 4.45. The van der Waals surface area contributed by atoms with E-state index in [9.17, 15) is 14.4 Å². The number of nitrogens with zero attached hydrogens (tertiary/aromatic N) is 1. The summed E-state index contributed by atoms with van der Waals surface area (Å²) >= 11 is 12.0. The van der Waals surface area contributed by atoms with E-state index < -0.39 is 23.6 Å². The van der Waals surface area contributed by atoms with Crippen molar-refractivity contribution in [3.05, 3.63) is 52.5 Å². The second-order valence-electron chi connectivity index (χ2n) is 6.30. The highest BCUT2D eigenvalue weighted by molar-refractivity contribution is 6.42. The van der Waals surface area contributed by atoms with Crippen LogP contribution in [0.4, 0.5) is 5.69 Å². The molecule has 140 valence electrons. The quantitative estimate of drug-likeness (QED) is 0.768.